The molecule has 1 amide bonds. The minimum atomic E-state index is -1.08. The summed E-state index contributed by atoms with van der Waals surface area (Å²) in [7, 11) is 0. The molecule has 2 aromatic heterocycles. The van der Waals surface area contributed by atoms with E-state index in [-0.39, 0.29) is 5.91 Å². The van der Waals surface area contributed by atoms with Crippen molar-refractivity contribution in [3.8, 4) is 0 Å². The van der Waals surface area contributed by atoms with Crippen LogP contribution < -0.4 is 10.6 Å². The summed E-state index contributed by atoms with van der Waals surface area (Å²) in [5, 5.41) is 15.6. The number of carbonyl (C=O) groups is 1. The molecule has 1 aliphatic heterocycles. The van der Waals surface area contributed by atoms with Crippen molar-refractivity contribution >= 4 is 45.1 Å². The Bertz CT molecular complexity index is 1140. The molecule has 0 saturated carbocycles. The third kappa shape index (κ3) is 4.10. The molecule has 7 nitrogen and oxygen atoms in total. The zero-order chi connectivity index (χ0) is 22.7. The lowest BCUT2D eigenvalue weighted by Gasteiger charge is -2.28. The van der Waals surface area contributed by atoms with Gasteiger partial charge in [-0.05, 0) is 43.8 Å². The van der Waals surface area contributed by atoms with Crippen molar-refractivity contribution in [2.75, 3.05) is 26.2 Å². The van der Waals surface area contributed by atoms with Crippen LogP contribution in [0.1, 0.15) is 30.7 Å². The number of carbonyl (C=O) groups excluding carboxylic acids is 1. The number of rotatable bonds is 8. The fourth-order valence-electron chi connectivity index (χ4n) is 3.84. The Labute approximate surface area is 197 Å². The molecule has 3 aromatic rings. The van der Waals surface area contributed by atoms with Crippen LogP contribution >= 0.6 is 23.4 Å². The lowest BCUT2D eigenvalue weighted by molar-refractivity contribution is -0.124. The van der Waals surface area contributed by atoms with Crippen molar-refractivity contribution in [2.24, 2.45) is 0 Å². The molecular weight excluding hydrogens is 444 g/mol. The number of hydrogen-bond acceptors (Lipinski definition) is 6. The Hall–Kier alpha value is -2.55. The normalized spacial score (nSPS) is 18.1. The standard InChI is InChI=1S/C23H27ClN6OS/c1-4-30(5-2)12-11-26-22(31)23(27-14-19(32-23)16-7-6-10-25-13-16)21-17-8-9-18(24)15(3)20(17)28-29-21/h6-10,13-14,27H,4-5,11-12H2,1-3H3,(H,26,31)(H,28,29). The number of thioether (sulfide) groups is 1. The van der Waals surface area contributed by atoms with Crippen LogP contribution in [-0.2, 0) is 9.67 Å². The number of H-pyrrole nitrogens is 1. The maximum absolute atomic E-state index is 13.7. The van der Waals surface area contributed by atoms with Crippen LogP contribution in [0.3, 0.4) is 0 Å². The molecular formula is C23H27ClN6OS. The zero-order valence-electron chi connectivity index (χ0n) is 18.4. The summed E-state index contributed by atoms with van der Waals surface area (Å²) in [6, 6.07) is 7.63. The van der Waals surface area contributed by atoms with Gasteiger partial charge in [0.25, 0.3) is 5.91 Å². The van der Waals surface area contributed by atoms with Crippen LogP contribution in [0.25, 0.3) is 15.8 Å². The number of hydrogen-bond donors (Lipinski definition) is 3. The first-order chi connectivity index (χ1) is 15.5. The Morgan fingerprint density at radius 3 is 2.81 bits per heavy atom. The number of fused-ring (bicyclic) bond motifs is 1. The van der Waals surface area contributed by atoms with Crippen LogP contribution in [0.2, 0.25) is 5.02 Å². The molecule has 1 unspecified atom stereocenters. The van der Waals surface area contributed by atoms with E-state index in [1.165, 1.54) is 11.8 Å². The summed E-state index contributed by atoms with van der Waals surface area (Å²) in [6.07, 6.45) is 5.41. The maximum atomic E-state index is 13.7. The van der Waals surface area contributed by atoms with E-state index in [0.717, 1.165) is 46.6 Å². The Morgan fingerprint density at radius 1 is 1.28 bits per heavy atom. The number of nitrogens with one attached hydrogen (secondary N) is 3. The predicted octanol–water partition coefficient (Wildman–Crippen LogP) is 3.87. The zero-order valence-corrected chi connectivity index (χ0v) is 20.0. The largest absolute Gasteiger partial charge is 0.363 e. The smallest absolute Gasteiger partial charge is 0.263 e. The highest BCUT2D eigenvalue weighted by Gasteiger charge is 2.47. The topological polar surface area (TPSA) is 85.9 Å². The summed E-state index contributed by atoms with van der Waals surface area (Å²) in [4.78, 5) is 20.0. The number of halogens is 1. The number of aromatic amines is 1. The average Bonchev–Trinajstić information content (AvgIpc) is 3.46. The van der Waals surface area contributed by atoms with E-state index in [1.54, 1.807) is 12.4 Å². The predicted molar refractivity (Wildman–Crippen MR) is 131 cm³/mol. The fraction of sp³-hybridized carbons (Fsp3) is 0.348. The van der Waals surface area contributed by atoms with Gasteiger partial charge in [0, 0.05) is 52.6 Å². The number of likely N-dealkylation sites (N-methyl/N-ethyl adjacent to an activating group) is 1. The van der Waals surface area contributed by atoms with E-state index in [0.29, 0.717) is 17.3 Å². The minimum Gasteiger partial charge on any atom is -0.363 e. The average molecular weight is 471 g/mol. The lowest BCUT2D eigenvalue weighted by Crippen LogP contribution is -2.50. The molecule has 0 spiro atoms. The molecule has 0 fully saturated rings. The molecule has 0 aliphatic carbocycles. The minimum absolute atomic E-state index is 0.122. The summed E-state index contributed by atoms with van der Waals surface area (Å²) < 4.78 is 0. The highest BCUT2D eigenvalue weighted by molar-refractivity contribution is 8.10. The van der Waals surface area contributed by atoms with Gasteiger partial charge in [0.2, 0.25) is 4.87 Å². The second-order valence-electron chi connectivity index (χ2n) is 7.63. The molecule has 9 heteroatoms. The second-order valence-corrected chi connectivity index (χ2v) is 9.29. The highest BCUT2D eigenvalue weighted by atomic mass is 35.5. The van der Waals surface area contributed by atoms with Crippen LogP contribution in [0.5, 0.6) is 0 Å². The number of aryl methyl sites for hydroxylation is 1. The van der Waals surface area contributed by atoms with E-state index in [2.05, 4.69) is 44.6 Å². The van der Waals surface area contributed by atoms with Gasteiger partial charge in [-0.3, -0.25) is 14.9 Å². The molecule has 0 radical (unpaired) electrons. The SMILES string of the molecule is CCN(CC)CCNC(=O)C1(c2[nH]nc3c(C)c(Cl)ccc23)NC=C(c2cccnc2)S1. The maximum Gasteiger partial charge on any atom is 0.263 e. The summed E-state index contributed by atoms with van der Waals surface area (Å²) in [6.45, 7) is 9.42. The summed E-state index contributed by atoms with van der Waals surface area (Å²) in [5.41, 5.74) is 3.30. The van der Waals surface area contributed by atoms with Crippen molar-refractivity contribution in [1.82, 2.24) is 30.7 Å². The third-order valence-corrected chi connectivity index (χ3v) is 7.61. The van der Waals surface area contributed by atoms with Crippen molar-refractivity contribution in [1.29, 1.82) is 0 Å². The first kappa shape index (κ1) is 22.6. The molecule has 1 atom stereocenters. The quantitative estimate of drug-likeness (QED) is 0.463. The summed E-state index contributed by atoms with van der Waals surface area (Å²) in [5.74, 6) is -0.122. The van der Waals surface area contributed by atoms with E-state index < -0.39 is 4.87 Å². The Kier molecular flexibility index (Phi) is 6.74. The molecule has 3 N–H and O–H groups in total. The van der Waals surface area contributed by atoms with Crippen LogP contribution in [0.15, 0.2) is 42.9 Å². The third-order valence-electron chi connectivity index (χ3n) is 5.81. The van der Waals surface area contributed by atoms with Gasteiger partial charge in [-0.2, -0.15) is 5.10 Å². The second kappa shape index (κ2) is 9.52. The van der Waals surface area contributed by atoms with Gasteiger partial charge < -0.3 is 15.5 Å². The first-order valence-electron chi connectivity index (χ1n) is 10.7. The molecule has 1 aromatic carbocycles. The van der Waals surface area contributed by atoms with Gasteiger partial charge in [0.1, 0.15) is 0 Å². The van der Waals surface area contributed by atoms with E-state index in [1.807, 2.05) is 37.4 Å². The van der Waals surface area contributed by atoms with Crippen molar-refractivity contribution in [3.63, 3.8) is 0 Å². The molecule has 0 bridgehead atoms. The van der Waals surface area contributed by atoms with Gasteiger partial charge >= 0.3 is 0 Å². The van der Waals surface area contributed by atoms with Crippen LogP contribution in [0, 0.1) is 6.92 Å². The number of nitrogens with zero attached hydrogens (tertiary/aromatic N) is 3. The molecule has 4 rings (SSSR count). The number of aromatic nitrogens is 3. The van der Waals surface area contributed by atoms with E-state index >= 15 is 0 Å². The molecule has 0 saturated heterocycles. The Morgan fingerprint density at radius 2 is 2.09 bits per heavy atom. The monoisotopic (exact) mass is 470 g/mol. The van der Waals surface area contributed by atoms with Gasteiger partial charge in [-0.15, -0.1) is 0 Å². The number of benzene rings is 1. The number of amides is 1. The van der Waals surface area contributed by atoms with Crippen molar-refractivity contribution in [2.45, 2.75) is 25.6 Å². The van der Waals surface area contributed by atoms with E-state index in [9.17, 15) is 4.79 Å². The van der Waals surface area contributed by atoms with Gasteiger partial charge in [-0.1, -0.05) is 43.3 Å². The first-order valence-corrected chi connectivity index (χ1v) is 11.9. The van der Waals surface area contributed by atoms with Gasteiger partial charge in [0.05, 0.1) is 11.2 Å². The molecule has 32 heavy (non-hydrogen) atoms. The molecule has 168 valence electrons. The fourth-order valence-corrected chi connectivity index (χ4v) is 5.22. The molecule has 1 aliphatic rings. The van der Waals surface area contributed by atoms with Crippen molar-refractivity contribution in [3.05, 3.63) is 64.7 Å². The van der Waals surface area contributed by atoms with Crippen LogP contribution in [0.4, 0.5) is 0 Å². The van der Waals surface area contributed by atoms with Gasteiger partial charge in [0.15, 0.2) is 0 Å². The highest BCUT2D eigenvalue weighted by Crippen LogP contribution is 2.48. The van der Waals surface area contributed by atoms with Crippen LogP contribution in [-0.4, -0.2) is 52.2 Å². The lowest BCUT2D eigenvalue weighted by atomic mass is 10.1. The molecule has 3 heterocycles. The Balaban J connectivity index is 1.69. The number of pyridine rings is 1. The van der Waals surface area contributed by atoms with Gasteiger partial charge in [-0.25, -0.2) is 0 Å². The van der Waals surface area contributed by atoms with Crippen molar-refractivity contribution < 1.29 is 4.79 Å². The summed E-state index contributed by atoms with van der Waals surface area (Å²) >= 11 is 7.76. The van der Waals surface area contributed by atoms with E-state index in [4.69, 9.17) is 11.6 Å².